The van der Waals surface area contributed by atoms with Crippen molar-refractivity contribution >= 4 is 5.91 Å². The van der Waals surface area contributed by atoms with Gasteiger partial charge in [-0.3, -0.25) is 4.79 Å². The normalized spacial score (nSPS) is 18.9. The summed E-state index contributed by atoms with van der Waals surface area (Å²) in [5.74, 6) is 0.764. The van der Waals surface area contributed by atoms with Crippen molar-refractivity contribution in [2.75, 3.05) is 39.3 Å². The van der Waals surface area contributed by atoms with Crippen molar-refractivity contribution in [2.45, 2.75) is 26.7 Å². The molecule has 1 heterocycles. The summed E-state index contributed by atoms with van der Waals surface area (Å²) in [7, 11) is 0. The van der Waals surface area contributed by atoms with Gasteiger partial charge in [0.2, 0.25) is 5.91 Å². The molecule has 0 aromatic carbocycles. The van der Waals surface area contributed by atoms with Crippen LogP contribution in [0.15, 0.2) is 0 Å². The number of rotatable bonds is 4. The van der Waals surface area contributed by atoms with Crippen LogP contribution >= 0.6 is 0 Å². The molecule has 1 aliphatic rings. The van der Waals surface area contributed by atoms with Gasteiger partial charge in [-0.05, 0) is 18.9 Å². The SMILES string of the molecule is CC(C)CC(=O)N1CCCN(CCN)CC1. The van der Waals surface area contributed by atoms with Crippen molar-refractivity contribution in [3.8, 4) is 0 Å². The maximum atomic E-state index is 11.9. The van der Waals surface area contributed by atoms with Crippen LogP contribution in [0.3, 0.4) is 0 Å². The molecule has 0 radical (unpaired) electrons. The molecule has 16 heavy (non-hydrogen) atoms. The Hall–Kier alpha value is -0.610. The summed E-state index contributed by atoms with van der Waals surface area (Å²) >= 11 is 0. The second-order valence-corrected chi connectivity index (χ2v) is 4.96. The Labute approximate surface area is 98.8 Å². The van der Waals surface area contributed by atoms with Crippen molar-refractivity contribution < 1.29 is 4.79 Å². The van der Waals surface area contributed by atoms with E-state index in [0.717, 1.165) is 39.1 Å². The molecule has 1 aliphatic heterocycles. The Morgan fingerprint density at radius 1 is 1.25 bits per heavy atom. The van der Waals surface area contributed by atoms with Crippen molar-refractivity contribution in [1.82, 2.24) is 9.80 Å². The van der Waals surface area contributed by atoms with Crippen LogP contribution in [-0.2, 0) is 4.79 Å². The predicted molar refractivity (Wildman–Crippen MR) is 66.1 cm³/mol. The number of nitrogens with two attached hydrogens (primary N) is 1. The Bertz CT molecular complexity index is 218. The molecule has 0 bridgehead atoms. The molecule has 0 unspecified atom stereocenters. The molecule has 2 N–H and O–H groups in total. The van der Waals surface area contributed by atoms with Gasteiger partial charge in [-0.25, -0.2) is 0 Å². The molecule has 0 aromatic rings. The van der Waals surface area contributed by atoms with Gasteiger partial charge in [-0.1, -0.05) is 13.8 Å². The van der Waals surface area contributed by atoms with Gasteiger partial charge in [0.25, 0.3) is 0 Å². The zero-order valence-corrected chi connectivity index (χ0v) is 10.6. The first-order valence-corrected chi connectivity index (χ1v) is 6.33. The summed E-state index contributed by atoms with van der Waals surface area (Å²) < 4.78 is 0. The lowest BCUT2D eigenvalue weighted by Gasteiger charge is -2.22. The van der Waals surface area contributed by atoms with Crippen LogP contribution in [0.2, 0.25) is 0 Å². The molecule has 0 aliphatic carbocycles. The van der Waals surface area contributed by atoms with Crippen LogP contribution in [0.4, 0.5) is 0 Å². The lowest BCUT2D eigenvalue weighted by Crippen LogP contribution is -2.36. The quantitative estimate of drug-likeness (QED) is 0.762. The van der Waals surface area contributed by atoms with Gasteiger partial charge in [-0.2, -0.15) is 0 Å². The minimum atomic E-state index is 0.310. The molecule has 0 spiro atoms. The summed E-state index contributed by atoms with van der Waals surface area (Å²) in [5, 5.41) is 0. The number of hydrogen-bond acceptors (Lipinski definition) is 3. The average Bonchev–Trinajstić information content (AvgIpc) is 2.43. The van der Waals surface area contributed by atoms with Gasteiger partial charge in [0.1, 0.15) is 0 Å². The fourth-order valence-electron chi connectivity index (χ4n) is 2.10. The molecule has 94 valence electrons. The summed E-state index contributed by atoms with van der Waals surface area (Å²) in [4.78, 5) is 16.3. The predicted octanol–water partition coefficient (Wildman–Crippen LogP) is 0.526. The first-order chi connectivity index (χ1) is 7.63. The zero-order valence-electron chi connectivity index (χ0n) is 10.6. The first-order valence-electron chi connectivity index (χ1n) is 6.33. The molecule has 4 nitrogen and oxygen atoms in total. The van der Waals surface area contributed by atoms with Crippen molar-refractivity contribution in [1.29, 1.82) is 0 Å². The molecule has 0 saturated carbocycles. The molecule has 4 heteroatoms. The highest BCUT2D eigenvalue weighted by molar-refractivity contribution is 5.76. The Kier molecular flexibility index (Phi) is 5.77. The Balaban J connectivity index is 2.37. The molecule has 0 aromatic heterocycles. The van der Waals surface area contributed by atoms with Crippen LogP contribution in [-0.4, -0.2) is 55.0 Å². The van der Waals surface area contributed by atoms with E-state index in [1.165, 1.54) is 0 Å². The van der Waals surface area contributed by atoms with E-state index in [9.17, 15) is 4.79 Å². The van der Waals surface area contributed by atoms with Gasteiger partial charge < -0.3 is 15.5 Å². The fraction of sp³-hybridized carbons (Fsp3) is 0.917. The highest BCUT2D eigenvalue weighted by atomic mass is 16.2. The molecule has 1 saturated heterocycles. The largest absolute Gasteiger partial charge is 0.341 e. The maximum Gasteiger partial charge on any atom is 0.222 e. The molecule has 1 rings (SSSR count). The molecule has 1 fully saturated rings. The van der Waals surface area contributed by atoms with E-state index in [2.05, 4.69) is 18.7 Å². The monoisotopic (exact) mass is 227 g/mol. The van der Waals surface area contributed by atoms with E-state index in [0.29, 0.717) is 24.8 Å². The van der Waals surface area contributed by atoms with Crippen LogP contribution in [0.1, 0.15) is 26.7 Å². The minimum absolute atomic E-state index is 0.310. The third-order valence-corrected chi connectivity index (χ3v) is 2.97. The number of carbonyl (C=O) groups is 1. The van der Waals surface area contributed by atoms with Gasteiger partial charge in [0, 0.05) is 39.1 Å². The Morgan fingerprint density at radius 2 is 2.00 bits per heavy atom. The summed E-state index contributed by atoms with van der Waals surface area (Å²) in [6.45, 7) is 9.67. The van der Waals surface area contributed by atoms with Crippen LogP contribution in [0, 0.1) is 5.92 Å². The van der Waals surface area contributed by atoms with Crippen molar-refractivity contribution in [3.05, 3.63) is 0 Å². The first kappa shape index (κ1) is 13.5. The van der Waals surface area contributed by atoms with Gasteiger partial charge >= 0.3 is 0 Å². The number of nitrogens with zero attached hydrogens (tertiary/aromatic N) is 2. The second kappa shape index (κ2) is 6.86. The second-order valence-electron chi connectivity index (χ2n) is 4.96. The molecular weight excluding hydrogens is 202 g/mol. The lowest BCUT2D eigenvalue weighted by molar-refractivity contribution is -0.131. The molecule has 0 atom stereocenters. The number of amides is 1. The third kappa shape index (κ3) is 4.49. The van der Waals surface area contributed by atoms with Crippen LogP contribution in [0.25, 0.3) is 0 Å². The van der Waals surface area contributed by atoms with Crippen LogP contribution < -0.4 is 5.73 Å². The zero-order chi connectivity index (χ0) is 12.0. The smallest absolute Gasteiger partial charge is 0.222 e. The van der Waals surface area contributed by atoms with Gasteiger partial charge in [0.15, 0.2) is 0 Å². The third-order valence-electron chi connectivity index (χ3n) is 2.97. The van der Waals surface area contributed by atoms with E-state index in [1.807, 2.05) is 4.90 Å². The van der Waals surface area contributed by atoms with Crippen LogP contribution in [0.5, 0.6) is 0 Å². The lowest BCUT2D eigenvalue weighted by atomic mass is 10.1. The van der Waals surface area contributed by atoms with E-state index >= 15 is 0 Å². The molecule has 1 amide bonds. The van der Waals surface area contributed by atoms with Crippen molar-refractivity contribution in [2.24, 2.45) is 11.7 Å². The van der Waals surface area contributed by atoms with E-state index in [4.69, 9.17) is 5.73 Å². The summed E-state index contributed by atoms with van der Waals surface area (Å²) in [6, 6.07) is 0. The minimum Gasteiger partial charge on any atom is -0.341 e. The Morgan fingerprint density at radius 3 is 2.62 bits per heavy atom. The average molecular weight is 227 g/mol. The summed E-state index contributed by atoms with van der Waals surface area (Å²) in [6.07, 6.45) is 1.75. The number of carbonyl (C=O) groups excluding carboxylic acids is 1. The molecular formula is C12H25N3O. The van der Waals surface area contributed by atoms with Gasteiger partial charge in [0.05, 0.1) is 0 Å². The van der Waals surface area contributed by atoms with Crippen molar-refractivity contribution in [3.63, 3.8) is 0 Å². The standard InChI is InChI=1S/C12H25N3O/c1-11(2)10-12(16)15-6-3-5-14(7-4-13)8-9-15/h11H,3-10,13H2,1-2H3. The van der Waals surface area contributed by atoms with E-state index in [-0.39, 0.29) is 0 Å². The maximum absolute atomic E-state index is 11.9. The fourth-order valence-corrected chi connectivity index (χ4v) is 2.10. The highest BCUT2D eigenvalue weighted by Gasteiger charge is 2.18. The van der Waals surface area contributed by atoms with E-state index < -0.39 is 0 Å². The van der Waals surface area contributed by atoms with Gasteiger partial charge in [-0.15, -0.1) is 0 Å². The topological polar surface area (TPSA) is 49.6 Å². The van der Waals surface area contributed by atoms with E-state index in [1.54, 1.807) is 0 Å². The highest BCUT2D eigenvalue weighted by Crippen LogP contribution is 2.08. The number of hydrogen-bond donors (Lipinski definition) is 1. The summed E-state index contributed by atoms with van der Waals surface area (Å²) in [5.41, 5.74) is 5.55.